The lowest BCUT2D eigenvalue weighted by atomic mass is 9.75. The predicted molar refractivity (Wildman–Crippen MR) is 294 cm³/mol. The van der Waals surface area contributed by atoms with Crippen LogP contribution in [0.5, 0.6) is 0 Å². The largest absolute Gasteiger partial charge is 0.375 e. The van der Waals surface area contributed by atoms with Gasteiger partial charge in [0, 0.05) is 32.1 Å². The summed E-state index contributed by atoms with van der Waals surface area (Å²) in [6, 6.07) is 44.4. The summed E-state index contributed by atoms with van der Waals surface area (Å²) >= 11 is 25.1. The van der Waals surface area contributed by atoms with Gasteiger partial charge in [-0.05, 0) is 137 Å². The molecule has 4 N–H and O–H groups in total. The number of halogens is 4. The van der Waals surface area contributed by atoms with Crippen LogP contribution in [0.25, 0.3) is 5.69 Å². The highest BCUT2D eigenvalue weighted by atomic mass is 35.5. The molecule has 8 aromatic rings. The van der Waals surface area contributed by atoms with E-state index in [0.29, 0.717) is 44.7 Å². The Kier molecular flexibility index (Phi) is 13.8. The molecule has 1 spiro atoms. The van der Waals surface area contributed by atoms with E-state index in [1.54, 1.807) is 41.0 Å². The summed E-state index contributed by atoms with van der Waals surface area (Å²) in [6.07, 6.45) is 3.81. The van der Waals surface area contributed by atoms with Gasteiger partial charge in [-0.2, -0.15) is 9.78 Å². The highest BCUT2D eigenvalue weighted by molar-refractivity contribution is 6.31. The molecule has 0 saturated carbocycles. The minimum atomic E-state index is -0.718. The van der Waals surface area contributed by atoms with Crippen molar-refractivity contribution in [2.45, 2.75) is 69.2 Å². The molecule has 0 saturated heterocycles. The molecule has 15 nitrogen and oxygen atoms in total. The Balaban J connectivity index is 0.863. The second kappa shape index (κ2) is 20.6. The van der Waals surface area contributed by atoms with Gasteiger partial charge >= 0.3 is 11.4 Å². The molecular formula is C56H51Cl4N11O4. The van der Waals surface area contributed by atoms with E-state index >= 15 is 0 Å². The van der Waals surface area contributed by atoms with E-state index in [1.165, 1.54) is 30.1 Å². The average Bonchev–Trinajstić information content (AvgIpc) is 4.23. The predicted octanol–water partition coefficient (Wildman–Crippen LogP) is 8.67. The zero-order valence-corrected chi connectivity index (χ0v) is 43.6. The number of aryl methyl sites for hydroxylation is 2. The SMILES string of the molecule is NC(=O)Cn1c(N(N)C[C@@]2(Cc3ccc(Cl)cc3)CCc3cc(COCCn4c(N5C[C@]6(CCc7ccccc76)C(c6ccc(Cl)cc6)=N5)nn(Cc5ccc(Cl)cc5)c4=O)ccc32)nn(-c2ccc(Cl)cc2)c1=O. The summed E-state index contributed by atoms with van der Waals surface area (Å²) in [7, 11) is 0. The van der Waals surface area contributed by atoms with Crippen LogP contribution in [0, 0.1) is 0 Å². The maximum Gasteiger partial charge on any atom is 0.352 e. The van der Waals surface area contributed by atoms with Gasteiger partial charge < -0.3 is 10.5 Å². The Morgan fingerprint density at radius 3 is 2.04 bits per heavy atom. The fourth-order valence-electron chi connectivity index (χ4n) is 11.2. The van der Waals surface area contributed by atoms with Gasteiger partial charge in [0.15, 0.2) is 0 Å². The monoisotopic (exact) mass is 1080 g/mol. The Morgan fingerprint density at radius 1 is 0.693 bits per heavy atom. The van der Waals surface area contributed by atoms with E-state index < -0.39 is 29.0 Å². The first kappa shape index (κ1) is 50.2. The summed E-state index contributed by atoms with van der Waals surface area (Å²) in [6.45, 7) is 1.27. The van der Waals surface area contributed by atoms with Crippen molar-refractivity contribution in [1.82, 2.24) is 28.7 Å². The molecule has 382 valence electrons. The van der Waals surface area contributed by atoms with Crippen LogP contribution in [0.4, 0.5) is 11.9 Å². The van der Waals surface area contributed by atoms with Crippen LogP contribution >= 0.6 is 46.4 Å². The van der Waals surface area contributed by atoms with Gasteiger partial charge in [-0.25, -0.2) is 25.1 Å². The molecule has 1 aliphatic heterocycles. The van der Waals surface area contributed by atoms with Crippen molar-refractivity contribution in [2.24, 2.45) is 16.7 Å². The number of anilines is 2. The molecule has 0 radical (unpaired) electrons. The molecular weight excluding hydrogens is 1030 g/mol. The lowest BCUT2D eigenvalue weighted by molar-refractivity contribution is -0.118. The second-order valence-corrected chi connectivity index (χ2v) is 21.3. The lowest BCUT2D eigenvalue weighted by Crippen LogP contribution is -2.47. The first-order valence-electron chi connectivity index (χ1n) is 24.6. The van der Waals surface area contributed by atoms with Gasteiger partial charge in [0.1, 0.15) is 6.54 Å². The third-order valence-electron chi connectivity index (χ3n) is 14.7. The highest BCUT2D eigenvalue weighted by Crippen LogP contribution is 2.47. The average molecular weight is 1080 g/mol. The maximum absolute atomic E-state index is 14.5. The van der Waals surface area contributed by atoms with Crippen molar-refractivity contribution in [3.05, 3.63) is 225 Å². The van der Waals surface area contributed by atoms with Crippen molar-refractivity contribution in [3.8, 4) is 5.69 Å². The minimum Gasteiger partial charge on any atom is -0.375 e. The summed E-state index contributed by atoms with van der Waals surface area (Å²) in [5.41, 5.74) is 13.7. The second-order valence-electron chi connectivity index (χ2n) is 19.5. The first-order valence-corrected chi connectivity index (χ1v) is 26.1. The quantitative estimate of drug-likeness (QED) is 0.0513. The summed E-state index contributed by atoms with van der Waals surface area (Å²) < 4.78 is 11.9. The van der Waals surface area contributed by atoms with E-state index in [4.69, 9.17) is 72.9 Å². The van der Waals surface area contributed by atoms with E-state index in [-0.39, 0.29) is 44.5 Å². The normalized spacial score (nSPS) is 17.7. The van der Waals surface area contributed by atoms with E-state index in [0.717, 1.165) is 64.8 Å². The van der Waals surface area contributed by atoms with Crippen LogP contribution in [0.2, 0.25) is 20.1 Å². The number of fused-ring (bicyclic) bond motifs is 3. The minimum absolute atomic E-state index is 0.0855. The van der Waals surface area contributed by atoms with Crippen molar-refractivity contribution in [1.29, 1.82) is 0 Å². The summed E-state index contributed by atoms with van der Waals surface area (Å²) in [5.74, 6) is 6.74. The van der Waals surface area contributed by atoms with Gasteiger partial charge in [-0.1, -0.05) is 125 Å². The lowest BCUT2D eigenvalue weighted by Gasteiger charge is -2.35. The van der Waals surface area contributed by atoms with Gasteiger partial charge in [0.25, 0.3) is 0 Å². The number of nitrogens with zero attached hydrogens (tertiary/aromatic N) is 9. The Morgan fingerprint density at radius 2 is 1.33 bits per heavy atom. The number of hydrazine groups is 1. The number of carbonyl (C=O) groups excluding carboxylic acids is 1. The molecule has 75 heavy (non-hydrogen) atoms. The number of nitrogens with two attached hydrogens (primary N) is 2. The molecule has 2 atom stereocenters. The highest BCUT2D eigenvalue weighted by Gasteiger charge is 2.50. The van der Waals surface area contributed by atoms with Crippen LogP contribution in [0.1, 0.15) is 57.3 Å². The summed E-state index contributed by atoms with van der Waals surface area (Å²) in [4.78, 5) is 40.6. The molecule has 0 bridgehead atoms. The molecule has 11 rings (SSSR count). The number of hydrogen-bond donors (Lipinski definition) is 2. The van der Waals surface area contributed by atoms with Crippen molar-refractivity contribution in [3.63, 3.8) is 0 Å². The van der Waals surface area contributed by atoms with E-state index in [1.807, 2.05) is 65.7 Å². The Bertz CT molecular complexity index is 3590. The molecule has 2 aromatic heterocycles. The third kappa shape index (κ3) is 9.92. The Labute approximate surface area is 452 Å². The van der Waals surface area contributed by atoms with Crippen LogP contribution < -0.4 is 33.0 Å². The van der Waals surface area contributed by atoms with Gasteiger partial charge in [0.2, 0.25) is 17.8 Å². The fourth-order valence-corrected chi connectivity index (χ4v) is 11.7. The van der Waals surface area contributed by atoms with Crippen molar-refractivity contribution in [2.75, 3.05) is 29.7 Å². The van der Waals surface area contributed by atoms with Crippen molar-refractivity contribution >= 4 is 69.9 Å². The molecule has 19 heteroatoms. The number of ether oxygens (including phenoxy) is 1. The number of amides is 1. The third-order valence-corrected chi connectivity index (χ3v) is 15.7. The van der Waals surface area contributed by atoms with E-state index in [9.17, 15) is 14.4 Å². The zero-order valence-electron chi connectivity index (χ0n) is 40.6. The van der Waals surface area contributed by atoms with Crippen LogP contribution in [0.3, 0.4) is 0 Å². The summed E-state index contributed by atoms with van der Waals surface area (Å²) in [5, 5.41) is 20.6. The first-order chi connectivity index (χ1) is 36.3. The molecule has 0 fully saturated rings. The van der Waals surface area contributed by atoms with Gasteiger partial charge in [-0.15, -0.1) is 10.2 Å². The number of primary amides is 1. The zero-order chi connectivity index (χ0) is 52.0. The smallest absolute Gasteiger partial charge is 0.352 e. The topological polar surface area (TPSA) is 177 Å². The molecule has 1 amide bonds. The Hall–Kier alpha value is -6.98. The van der Waals surface area contributed by atoms with Gasteiger partial charge in [-0.3, -0.25) is 18.9 Å². The molecule has 6 aromatic carbocycles. The molecule has 3 aliphatic rings. The number of aromatic nitrogens is 6. The number of carbonyl (C=O) groups is 1. The molecule has 2 aliphatic carbocycles. The van der Waals surface area contributed by atoms with Crippen molar-refractivity contribution < 1.29 is 9.53 Å². The standard InChI is InChI=1S/C56H51Cl4N11O4/c57-42-12-5-36(6-13-42)30-55(34-68(62)51-65-71(46-20-18-45(60)19-21-46)54(74)67(51)32-49(61)72)25-23-41-29-38(9-22-47(41)55)33-75-28-27-66-52(64-69(53(66)73)31-37-7-14-43(58)15-8-37)70-35-56(26-24-39-3-1-2-4-48(39)56)50(63-70)40-10-16-44(59)17-11-40/h1-22,29H,23-28,30-35,62H2,(H2,61,72)/t55-,56-/m0/s1. The number of hydrazone groups is 1. The number of hydrogen-bond acceptors (Lipinski definition) is 10. The van der Waals surface area contributed by atoms with Crippen LogP contribution in [-0.4, -0.2) is 60.0 Å². The van der Waals surface area contributed by atoms with Crippen LogP contribution in [-0.2, 0) is 65.9 Å². The fraction of sp³-hybridized carbons (Fsp3) is 0.250. The molecule has 3 heterocycles. The number of benzene rings is 6. The van der Waals surface area contributed by atoms with Gasteiger partial charge in [0.05, 0.1) is 49.7 Å². The van der Waals surface area contributed by atoms with Crippen LogP contribution in [0.15, 0.2) is 154 Å². The maximum atomic E-state index is 14.5. The van der Waals surface area contributed by atoms with E-state index in [2.05, 4.69) is 47.6 Å². The molecule has 0 unspecified atom stereocenters. The number of rotatable bonds is 17.